The predicted molar refractivity (Wildman–Crippen MR) is 81.9 cm³/mol. The van der Waals surface area contributed by atoms with E-state index in [0.717, 1.165) is 34.0 Å². The molecule has 1 aromatic carbocycles. The third kappa shape index (κ3) is 3.46. The minimum absolute atomic E-state index is 0.317. The summed E-state index contributed by atoms with van der Waals surface area (Å²) >= 11 is 6.79. The van der Waals surface area contributed by atoms with E-state index in [-0.39, 0.29) is 0 Å². The SMILES string of the molecule is CCCn1ncnc1COc1c(Br)cc(C=O)cc1Br. The van der Waals surface area contributed by atoms with Crippen molar-refractivity contribution in [3.05, 3.63) is 38.8 Å². The molecule has 0 aliphatic heterocycles. The maximum atomic E-state index is 10.8. The zero-order chi connectivity index (χ0) is 14.5. The van der Waals surface area contributed by atoms with Crippen molar-refractivity contribution in [2.75, 3.05) is 0 Å². The van der Waals surface area contributed by atoms with Gasteiger partial charge in [0.2, 0.25) is 0 Å². The zero-order valence-corrected chi connectivity index (χ0v) is 14.0. The number of hydrogen-bond acceptors (Lipinski definition) is 4. The second-order valence-corrected chi connectivity index (χ2v) is 5.83. The molecule has 0 N–H and O–H groups in total. The molecule has 0 aliphatic rings. The van der Waals surface area contributed by atoms with Crippen molar-refractivity contribution in [1.82, 2.24) is 14.8 Å². The summed E-state index contributed by atoms with van der Waals surface area (Å²) in [6.45, 7) is 3.21. The van der Waals surface area contributed by atoms with Gasteiger partial charge in [0, 0.05) is 12.1 Å². The topological polar surface area (TPSA) is 57.0 Å². The molecule has 20 heavy (non-hydrogen) atoms. The monoisotopic (exact) mass is 401 g/mol. The Labute approximate surface area is 133 Å². The second kappa shape index (κ2) is 6.99. The molecule has 0 atom stereocenters. The van der Waals surface area contributed by atoms with Crippen LogP contribution in [0.25, 0.3) is 0 Å². The molecule has 0 radical (unpaired) electrons. The molecular formula is C13H13Br2N3O2. The quantitative estimate of drug-likeness (QED) is 0.692. The second-order valence-electron chi connectivity index (χ2n) is 4.12. The van der Waals surface area contributed by atoms with Crippen molar-refractivity contribution in [1.29, 1.82) is 0 Å². The number of nitrogens with zero attached hydrogens (tertiary/aromatic N) is 3. The van der Waals surface area contributed by atoms with Gasteiger partial charge in [-0.1, -0.05) is 6.92 Å². The van der Waals surface area contributed by atoms with E-state index in [1.165, 1.54) is 6.33 Å². The molecule has 0 saturated carbocycles. The maximum absolute atomic E-state index is 10.8. The highest BCUT2D eigenvalue weighted by Gasteiger charge is 2.11. The lowest BCUT2D eigenvalue weighted by Gasteiger charge is -2.11. The third-order valence-corrected chi connectivity index (χ3v) is 3.81. The molecule has 2 aromatic rings. The Morgan fingerprint density at radius 3 is 2.65 bits per heavy atom. The molecule has 106 valence electrons. The number of benzene rings is 1. The first kappa shape index (κ1) is 15.2. The highest BCUT2D eigenvalue weighted by molar-refractivity contribution is 9.11. The van der Waals surface area contributed by atoms with Gasteiger partial charge < -0.3 is 4.74 Å². The maximum Gasteiger partial charge on any atom is 0.164 e. The van der Waals surface area contributed by atoms with Gasteiger partial charge in [-0.3, -0.25) is 4.79 Å². The number of carbonyl (C=O) groups excluding carboxylic acids is 1. The van der Waals surface area contributed by atoms with E-state index in [1.807, 2.05) is 4.68 Å². The molecule has 0 aliphatic carbocycles. The van der Waals surface area contributed by atoms with Crippen molar-refractivity contribution in [3.63, 3.8) is 0 Å². The average molecular weight is 403 g/mol. The lowest BCUT2D eigenvalue weighted by molar-refractivity contribution is 0.112. The molecule has 0 bridgehead atoms. The van der Waals surface area contributed by atoms with Gasteiger partial charge in [0.05, 0.1) is 8.95 Å². The van der Waals surface area contributed by atoms with Gasteiger partial charge in [0.25, 0.3) is 0 Å². The fourth-order valence-corrected chi connectivity index (χ4v) is 3.17. The van der Waals surface area contributed by atoms with Gasteiger partial charge in [-0.2, -0.15) is 5.10 Å². The summed E-state index contributed by atoms with van der Waals surface area (Å²) in [5, 5.41) is 4.15. The lowest BCUT2D eigenvalue weighted by Crippen LogP contribution is -2.09. The summed E-state index contributed by atoms with van der Waals surface area (Å²) in [6, 6.07) is 3.42. The van der Waals surface area contributed by atoms with Crippen LogP contribution in [0.5, 0.6) is 5.75 Å². The molecule has 1 heterocycles. The van der Waals surface area contributed by atoms with Crippen LogP contribution in [0.15, 0.2) is 27.4 Å². The number of hydrogen-bond donors (Lipinski definition) is 0. The van der Waals surface area contributed by atoms with Crippen molar-refractivity contribution < 1.29 is 9.53 Å². The number of aldehydes is 1. The van der Waals surface area contributed by atoms with Crippen molar-refractivity contribution in [3.8, 4) is 5.75 Å². The van der Waals surface area contributed by atoms with E-state index in [1.54, 1.807) is 12.1 Å². The molecule has 0 amide bonds. The fourth-order valence-electron chi connectivity index (χ4n) is 1.72. The number of carbonyl (C=O) groups is 1. The Hall–Kier alpha value is -1.21. The Morgan fingerprint density at radius 1 is 1.35 bits per heavy atom. The largest absolute Gasteiger partial charge is 0.483 e. The Morgan fingerprint density at radius 2 is 2.05 bits per heavy atom. The summed E-state index contributed by atoms with van der Waals surface area (Å²) in [6.07, 6.45) is 3.29. The van der Waals surface area contributed by atoms with Gasteiger partial charge in [0.1, 0.15) is 25.0 Å². The highest BCUT2D eigenvalue weighted by Crippen LogP contribution is 2.34. The van der Waals surface area contributed by atoms with Gasteiger partial charge in [-0.15, -0.1) is 0 Å². The van der Waals surface area contributed by atoms with Crippen LogP contribution in [0.2, 0.25) is 0 Å². The molecule has 5 nitrogen and oxygen atoms in total. The lowest BCUT2D eigenvalue weighted by atomic mass is 10.2. The predicted octanol–water partition coefficient (Wildman–Crippen LogP) is 3.60. The Bertz CT molecular complexity index is 590. The van der Waals surface area contributed by atoms with E-state index in [9.17, 15) is 4.79 Å². The van der Waals surface area contributed by atoms with Crippen molar-refractivity contribution in [2.24, 2.45) is 0 Å². The summed E-state index contributed by atoms with van der Waals surface area (Å²) in [4.78, 5) is 15.0. The first-order valence-electron chi connectivity index (χ1n) is 6.09. The smallest absolute Gasteiger partial charge is 0.164 e. The minimum Gasteiger partial charge on any atom is -0.483 e. The van der Waals surface area contributed by atoms with E-state index in [0.29, 0.717) is 17.9 Å². The van der Waals surface area contributed by atoms with Crippen LogP contribution in [0.3, 0.4) is 0 Å². The standard InChI is InChI=1S/C13H13Br2N3O2/c1-2-3-18-12(16-8-17-18)7-20-13-10(14)4-9(6-19)5-11(13)15/h4-6,8H,2-3,7H2,1H3. The molecule has 7 heteroatoms. The number of halogens is 2. The molecule has 2 rings (SSSR count). The molecule has 0 unspecified atom stereocenters. The molecule has 0 saturated heterocycles. The first-order valence-corrected chi connectivity index (χ1v) is 7.68. The highest BCUT2D eigenvalue weighted by atomic mass is 79.9. The molecule has 0 fully saturated rings. The molecule has 1 aromatic heterocycles. The van der Waals surface area contributed by atoms with E-state index in [2.05, 4.69) is 48.9 Å². The summed E-state index contributed by atoms with van der Waals surface area (Å²) < 4.78 is 9.02. The van der Waals surface area contributed by atoms with Gasteiger partial charge >= 0.3 is 0 Å². The number of aromatic nitrogens is 3. The summed E-state index contributed by atoms with van der Waals surface area (Å²) in [5.74, 6) is 1.41. The van der Waals surface area contributed by atoms with Crippen LogP contribution in [0.4, 0.5) is 0 Å². The van der Waals surface area contributed by atoms with Gasteiger partial charge in [-0.05, 0) is 50.4 Å². The van der Waals surface area contributed by atoms with Crippen molar-refractivity contribution >= 4 is 38.1 Å². The van der Waals surface area contributed by atoms with Crippen LogP contribution >= 0.6 is 31.9 Å². The first-order chi connectivity index (χ1) is 9.65. The van der Waals surface area contributed by atoms with Crippen LogP contribution in [-0.4, -0.2) is 21.1 Å². The van der Waals surface area contributed by atoms with Crippen LogP contribution < -0.4 is 4.74 Å². The van der Waals surface area contributed by atoms with Crippen LogP contribution in [0.1, 0.15) is 29.5 Å². The Kier molecular flexibility index (Phi) is 5.31. The third-order valence-electron chi connectivity index (χ3n) is 2.63. The molecule has 0 spiro atoms. The van der Waals surface area contributed by atoms with E-state index in [4.69, 9.17) is 4.74 Å². The van der Waals surface area contributed by atoms with Crippen molar-refractivity contribution in [2.45, 2.75) is 26.5 Å². The normalized spacial score (nSPS) is 10.6. The summed E-state index contributed by atoms with van der Waals surface area (Å²) in [5.41, 5.74) is 0.574. The average Bonchev–Trinajstić information content (AvgIpc) is 2.85. The van der Waals surface area contributed by atoms with Crippen LogP contribution in [0, 0.1) is 0 Å². The van der Waals surface area contributed by atoms with Gasteiger partial charge in [-0.25, -0.2) is 9.67 Å². The fraction of sp³-hybridized carbons (Fsp3) is 0.308. The number of ether oxygens (including phenoxy) is 1. The number of aryl methyl sites for hydroxylation is 1. The van der Waals surface area contributed by atoms with E-state index < -0.39 is 0 Å². The van der Waals surface area contributed by atoms with E-state index >= 15 is 0 Å². The van der Waals surface area contributed by atoms with Crippen LogP contribution in [-0.2, 0) is 13.2 Å². The Balaban J connectivity index is 2.14. The summed E-state index contributed by atoms with van der Waals surface area (Å²) in [7, 11) is 0. The molecular weight excluding hydrogens is 390 g/mol. The van der Waals surface area contributed by atoms with Gasteiger partial charge in [0.15, 0.2) is 5.82 Å². The zero-order valence-electron chi connectivity index (χ0n) is 10.8. The minimum atomic E-state index is 0.317. The number of rotatable bonds is 6.